The van der Waals surface area contributed by atoms with Crippen LogP contribution in [0.1, 0.15) is 18.5 Å². The van der Waals surface area contributed by atoms with Crippen molar-refractivity contribution < 1.29 is 4.74 Å². The van der Waals surface area contributed by atoms with Gasteiger partial charge >= 0.3 is 0 Å². The number of morpholine rings is 1. The van der Waals surface area contributed by atoms with Gasteiger partial charge in [-0.3, -0.25) is 4.98 Å². The van der Waals surface area contributed by atoms with E-state index < -0.39 is 0 Å². The molecule has 27 heavy (non-hydrogen) atoms. The van der Waals surface area contributed by atoms with Gasteiger partial charge in [0.05, 0.1) is 23.6 Å². The minimum Gasteiger partial charge on any atom is -0.372 e. The first kappa shape index (κ1) is 16.6. The average molecular weight is 364 g/mol. The quantitative estimate of drug-likeness (QED) is 0.751. The Morgan fingerprint density at radius 2 is 1.93 bits per heavy atom. The van der Waals surface area contributed by atoms with Gasteiger partial charge in [0.2, 0.25) is 0 Å². The molecule has 2 aliphatic rings. The Bertz CT molecular complexity index is 938. The number of aromatic nitrogens is 4. The number of hydrogen-bond acceptors (Lipinski definition) is 6. The molecule has 5 rings (SSSR count). The number of anilines is 1. The number of imidazole rings is 1. The zero-order valence-corrected chi connectivity index (χ0v) is 15.6. The molecule has 0 radical (unpaired) electrons. The summed E-state index contributed by atoms with van der Waals surface area (Å²) in [4.78, 5) is 11.2. The molecule has 2 fully saturated rings. The molecule has 1 N–H and O–H groups in total. The fourth-order valence-electron chi connectivity index (χ4n) is 4.21. The second kappa shape index (κ2) is 6.58. The molecule has 0 unspecified atom stereocenters. The summed E-state index contributed by atoms with van der Waals surface area (Å²) in [5.41, 5.74) is 3.97. The van der Waals surface area contributed by atoms with Crippen molar-refractivity contribution in [2.75, 3.05) is 37.7 Å². The van der Waals surface area contributed by atoms with Crippen molar-refractivity contribution in [3.8, 4) is 11.3 Å². The first-order chi connectivity index (χ1) is 13.2. The summed E-state index contributed by atoms with van der Waals surface area (Å²) < 4.78 is 8.07. The number of hydrogen-bond donors (Lipinski definition) is 1. The van der Waals surface area contributed by atoms with E-state index >= 15 is 0 Å². The number of rotatable bonds is 2. The van der Waals surface area contributed by atoms with Gasteiger partial charge in [-0.2, -0.15) is 0 Å². The van der Waals surface area contributed by atoms with E-state index in [1.165, 1.54) is 0 Å². The molecule has 0 atom stereocenters. The summed E-state index contributed by atoms with van der Waals surface area (Å²) in [6, 6.07) is 8.14. The zero-order valence-electron chi connectivity index (χ0n) is 15.6. The van der Waals surface area contributed by atoms with Crippen LogP contribution in [0.5, 0.6) is 0 Å². The number of piperidine rings is 1. The highest BCUT2D eigenvalue weighted by atomic mass is 16.5. The third-order valence-corrected chi connectivity index (χ3v) is 5.72. The van der Waals surface area contributed by atoms with E-state index in [0.717, 1.165) is 74.0 Å². The zero-order chi connectivity index (χ0) is 18.3. The largest absolute Gasteiger partial charge is 0.372 e. The van der Waals surface area contributed by atoms with Crippen molar-refractivity contribution >= 4 is 11.5 Å². The Hall–Kier alpha value is -2.51. The standard InChI is InChI=1S/C20H24N6O/c1-15-19(16-4-8-21-9-5-16)26-17(23-15)2-3-18(24-26)25-11-6-20(7-12-25)14-22-10-13-27-20/h2-5,8-9,22H,6-7,10-14H2,1H3. The van der Waals surface area contributed by atoms with E-state index in [4.69, 9.17) is 9.84 Å². The monoisotopic (exact) mass is 364 g/mol. The molecule has 7 heteroatoms. The first-order valence-electron chi connectivity index (χ1n) is 9.61. The van der Waals surface area contributed by atoms with Gasteiger partial charge in [-0.05, 0) is 44.0 Å². The summed E-state index contributed by atoms with van der Waals surface area (Å²) in [7, 11) is 0. The molecule has 2 aliphatic heterocycles. The molecule has 0 aromatic carbocycles. The molecule has 5 heterocycles. The molecule has 0 aliphatic carbocycles. The Balaban J connectivity index is 1.45. The number of nitrogens with zero attached hydrogens (tertiary/aromatic N) is 5. The highest BCUT2D eigenvalue weighted by Gasteiger charge is 2.37. The molecule has 0 bridgehead atoms. The van der Waals surface area contributed by atoms with Gasteiger partial charge in [0, 0.05) is 44.1 Å². The van der Waals surface area contributed by atoms with Gasteiger partial charge in [0.25, 0.3) is 0 Å². The fourth-order valence-corrected chi connectivity index (χ4v) is 4.21. The summed E-state index contributed by atoms with van der Waals surface area (Å²) in [5, 5.41) is 8.41. The molecule has 0 saturated carbocycles. The maximum atomic E-state index is 6.11. The van der Waals surface area contributed by atoms with Crippen molar-refractivity contribution in [2.45, 2.75) is 25.4 Å². The second-order valence-electron chi connectivity index (χ2n) is 7.44. The molecule has 2 saturated heterocycles. The van der Waals surface area contributed by atoms with Crippen LogP contribution in [0, 0.1) is 6.92 Å². The Labute approximate surface area is 158 Å². The predicted octanol–water partition coefficient (Wildman–Crippen LogP) is 2.06. The molecule has 3 aromatic heterocycles. The van der Waals surface area contributed by atoms with Gasteiger partial charge in [0.1, 0.15) is 5.82 Å². The molecule has 7 nitrogen and oxygen atoms in total. The SMILES string of the molecule is Cc1nc2ccc(N3CCC4(CC3)CNCCO4)nn2c1-c1ccncc1. The summed E-state index contributed by atoms with van der Waals surface area (Å²) >= 11 is 0. The van der Waals surface area contributed by atoms with Crippen LogP contribution in [-0.4, -0.2) is 58.0 Å². The van der Waals surface area contributed by atoms with Crippen LogP contribution >= 0.6 is 0 Å². The smallest absolute Gasteiger partial charge is 0.154 e. The van der Waals surface area contributed by atoms with Crippen molar-refractivity contribution in [1.29, 1.82) is 0 Å². The molecular formula is C20H24N6O. The van der Waals surface area contributed by atoms with Gasteiger partial charge in [-0.15, -0.1) is 5.10 Å². The van der Waals surface area contributed by atoms with Crippen LogP contribution in [0.25, 0.3) is 16.9 Å². The van der Waals surface area contributed by atoms with Crippen LogP contribution in [-0.2, 0) is 4.74 Å². The highest BCUT2D eigenvalue weighted by molar-refractivity contribution is 5.66. The highest BCUT2D eigenvalue weighted by Crippen LogP contribution is 2.30. The maximum absolute atomic E-state index is 6.11. The van der Waals surface area contributed by atoms with Crippen molar-refractivity contribution in [3.05, 3.63) is 42.4 Å². The van der Waals surface area contributed by atoms with Crippen LogP contribution < -0.4 is 10.2 Å². The predicted molar refractivity (Wildman–Crippen MR) is 104 cm³/mol. The molecule has 1 spiro atoms. The Morgan fingerprint density at radius 3 is 2.67 bits per heavy atom. The Morgan fingerprint density at radius 1 is 1.11 bits per heavy atom. The lowest BCUT2D eigenvalue weighted by molar-refractivity contribution is -0.0800. The van der Waals surface area contributed by atoms with Crippen molar-refractivity contribution in [1.82, 2.24) is 24.9 Å². The molecule has 0 amide bonds. The lowest BCUT2D eigenvalue weighted by Gasteiger charge is -2.44. The summed E-state index contributed by atoms with van der Waals surface area (Å²) in [6.07, 6.45) is 5.67. The van der Waals surface area contributed by atoms with E-state index in [1.54, 1.807) is 12.4 Å². The molecule has 140 valence electrons. The maximum Gasteiger partial charge on any atom is 0.154 e. The van der Waals surface area contributed by atoms with Crippen LogP contribution in [0.4, 0.5) is 5.82 Å². The van der Waals surface area contributed by atoms with E-state index in [0.29, 0.717) is 0 Å². The third kappa shape index (κ3) is 2.96. The third-order valence-electron chi connectivity index (χ3n) is 5.72. The Kier molecular flexibility index (Phi) is 4.06. The number of fused-ring (bicyclic) bond motifs is 1. The van der Waals surface area contributed by atoms with Crippen molar-refractivity contribution in [3.63, 3.8) is 0 Å². The average Bonchev–Trinajstić information content (AvgIpc) is 3.05. The first-order valence-corrected chi connectivity index (χ1v) is 9.61. The molecular weight excluding hydrogens is 340 g/mol. The summed E-state index contributed by atoms with van der Waals surface area (Å²) in [5.74, 6) is 0.994. The number of pyridine rings is 1. The normalized spacial score (nSPS) is 19.7. The number of ether oxygens (including phenoxy) is 1. The number of aryl methyl sites for hydroxylation is 1. The fraction of sp³-hybridized carbons (Fsp3) is 0.450. The lowest BCUT2D eigenvalue weighted by atomic mass is 9.90. The van der Waals surface area contributed by atoms with Gasteiger partial charge < -0.3 is 15.0 Å². The van der Waals surface area contributed by atoms with Gasteiger partial charge in [-0.1, -0.05) is 0 Å². The van der Waals surface area contributed by atoms with Crippen LogP contribution in [0.2, 0.25) is 0 Å². The second-order valence-corrected chi connectivity index (χ2v) is 7.44. The van der Waals surface area contributed by atoms with E-state index in [9.17, 15) is 0 Å². The van der Waals surface area contributed by atoms with Crippen LogP contribution in [0.3, 0.4) is 0 Å². The van der Waals surface area contributed by atoms with E-state index in [1.807, 2.05) is 23.6 Å². The van der Waals surface area contributed by atoms with Gasteiger partial charge in [-0.25, -0.2) is 9.50 Å². The minimum absolute atomic E-state index is 0.00659. The van der Waals surface area contributed by atoms with E-state index in [-0.39, 0.29) is 5.60 Å². The number of nitrogens with one attached hydrogen (secondary N) is 1. The van der Waals surface area contributed by atoms with Gasteiger partial charge in [0.15, 0.2) is 5.65 Å². The summed E-state index contributed by atoms with van der Waals surface area (Å²) in [6.45, 7) is 6.68. The lowest BCUT2D eigenvalue weighted by Crippen LogP contribution is -2.55. The topological polar surface area (TPSA) is 67.6 Å². The van der Waals surface area contributed by atoms with E-state index in [2.05, 4.69) is 32.3 Å². The van der Waals surface area contributed by atoms with Crippen LogP contribution in [0.15, 0.2) is 36.7 Å². The molecule has 3 aromatic rings. The van der Waals surface area contributed by atoms with Crippen molar-refractivity contribution in [2.24, 2.45) is 0 Å². The minimum atomic E-state index is 0.00659.